The molecule has 0 aliphatic heterocycles. The number of benzene rings is 1. The normalized spacial score (nSPS) is 14.8. The maximum atomic E-state index is 8.74. The lowest BCUT2D eigenvalue weighted by Crippen LogP contribution is -2.29. The number of hydrogen-bond acceptors (Lipinski definition) is 2. The highest BCUT2D eigenvalue weighted by atomic mass is 16.5. The number of aliphatic hydroxyl groups is 1. The molecule has 0 spiro atoms. The molecular weight excluding hydrogens is 200 g/mol. The molecule has 0 fully saturated rings. The Labute approximate surface area is 98.3 Å². The van der Waals surface area contributed by atoms with Gasteiger partial charge in [0.1, 0.15) is 0 Å². The average molecular weight is 222 g/mol. The molecule has 1 rings (SSSR count). The fraction of sp³-hybridized carbons (Fsp3) is 0.571. The van der Waals surface area contributed by atoms with Gasteiger partial charge in [-0.3, -0.25) is 0 Å². The number of ether oxygens (including phenoxy) is 1. The van der Waals surface area contributed by atoms with E-state index in [1.54, 1.807) is 0 Å². The Kier molecular flexibility index (Phi) is 4.97. The van der Waals surface area contributed by atoms with Crippen molar-refractivity contribution in [3.63, 3.8) is 0 Å². The summed E-state index contributed by atoms with van der Waals surface area (Å²) in [6.07, 6.45) is 1.03. The van der Waals surface area contributed by atoms with Gasteiger partial charge in [-0.1, -0.05) is 38.1 Å². The van der Waals surface area contributed by atoms with Crippen LogP contribution in [0.2, 0.25) is 0 Å². The zero-order valence-corrected chi connectivity index (χ0v) is 10.5. The van der Waals surface area contributed by atoms with Crippen molar-refractivity contribution in [1.82, 2.24) is 0 Å². The van der Waals surface area contributed by atoms with Gasteiger partial charge in [-0.25, -0.2) is 0 Å². The summed E-state index contributed by atoms with van der Waals surface area (Å²) in [7, 11) is 0. The SMILES string of the molecule is CCC(C)(COCCO)c1ccccc1C. The first kappa shape index (κ1) is 13.2. The molecule has 0 aromatic heterocycles. The van der Waals surface area contributed by atoms with Gasteiger partial charge in [0.2, 0.25) is 0 Å². The zero-order valence-electron chi connectivity index (χ0n) is 10.5. The van der Waals surface area contributed by atoms with Gasteiger partial charge >= 0.3 is 0 Å². The summed E-state index contributed by atoms with van der Waals surface area (Å²) in [6.45, 7) is 7.70. The van der Waals surface area contributed by atoms with Crippen LogP contribution in [-0.2, 0) is 10.2 Å². The molecule has 1 aromatic rings. The first-order chi connectivity index (χ1) is 7.64. The van der Waals surface area contributed by atoms with Crippen molar-refractivity contribution >= 4 is 0 Å². The Morgan fingerprint density at radius 3 is 2.56 bits per heavy atom. The van der Waals surface area contributed by atoms with E-state index in [9.17, 15) is 0 Å². The maximum absolute atomic E-state index is 8.74. The molecule has 0 radical (unpaired) electrons. The summed E-state index contributed by atoms with van der Waals surface area (Å²) in [6, 6.07) is 8.43. The minimum Gasteiger partial charge on any atom is -0.394 e. The topological polar surface area (TPSA) is 29.5 Å². The highest BCUT2D eigenvalue weighted by Gasteiger charge is 2.26. The summed E-state index contributed by atoms with van der Waals surface area (Å²) >= 11 is 0. The molecule has 0 saturated heterocycles. The molecule has 1 N–H and O–H groups in total. The number of hydrogen-bond donors (Lipinski definition) is 1. The van der Waals surface area contributed by atoms with Crippen LogP contribution in [0.1, 0.15) is 31.4 Å². The molecule has 2 nitrogen and oxygen atoms in total. The van der Waals surface area contributed by atoms with Gasteiger partial charge < -0.3 is 9.84 Å². The molecule has 1 atom stereocenters. The lowest BCUT2D eigenvalue weighted by atomic mass is 9.79. The third kappa shape index (κ3) is 3.06. The summed E-state index contributed by atoms with van der Waals surface area (Å²) in [5.74, 6) is 0. The van der Waals surface area contributed by atoms with Crippen molar-refractivity contribution in [2.75, 3.05) is 19.8 Å². The summed E-state index contributed by atoms with van der Waals surface area (Å²) in [5, 5.41) is 8.74. The van der Waals surface area contributed by atoms with E-state index in [0.29, 0.717) is 13.2 Å². The maximum Gasteiger partial charge on any atom is 0.0698 e. The van der Waals surface area contributed by atoms with Crippen molar-refractivity contribution in [2.24, 2.45) is 0 Å². The predicted octanol–water partition coefficient (Wildman–Crippen LogP) is 2.67. The number of aryl methyl sites for hydroxylation is 1. The number of aliphatic hydroxyl groups excluding tert-OH is 1. The van der Waals surface area contributed by atoms with E-state index in [1.165, 1.54) is 11.1 Å². The summed E-state index contributed by atoms with van der Waals surface area (Å²) < 4.78 is 5.50. The van der Waals surface area contributed by atoms with E-state index in [0.717, 1.165) is 6.42 Å². The van der Waals surface area contributed by atoms with Gasteiger partial charge in [-0.15, -0.1) is 0 Å². The Bertz CT molecular complexity index is 322. The predicted molar refractivity (Wildman–Crippen MR) is 66.7 cm³/mol. The van der Waals surface area contributed by atoms with Crippen LogP contribution >= 0.6 is 0 Å². The Morgan fingerprint density at radius 1 is 1.31 bits per heavy atom. The average Bonchev–Trinajstić information content (AvgIpc) is 2.30. The third-order valence-corrected chi connectivity index (χ3v) is 3.23. The molecule has 2 heteroatoms. The quantitative estimate of drug-likeness (QED) is 0.750. The monoisotopic (exact) mass is 222 g/mol. The minimum atomic E-state index is 0.0422. The lowest BCUT2D eigenvalue weighted by Gasteiger charge is -2.30. The van der Waals surface area contributed by atoms with Gasteiger partial charge in [-0.2, -0.15) is 0 Å². The highest BCUT2D eigenvalue weighted by Crippen LogP contribution is 2.30. The molecular formula is C14H22O2. The van der Waals surface area contributed by atoms with Gasteiger partial charge in [0.15, 0.2) is 0 Å². The molecule has 1 unspecified atom stereocenters. The van der Waals surface area contributed by atoms with Crippen LogP contribution in [0, 0.1) is 6.92 Å². The van der Waals surface area contributed by atoms with Crippen LogP contribution in [0.3, 0.4) is 0 Å². The fourth-order valence-corrected chi connectivity index (χ4v) is 1.98. The Morgan fingerprint density at radius 2 is 2.00 bits per heavy atom. The van der Waals surface area contributed by atoms with Crippen LogP contribution < -0.4 is 0 Å². The third-order valence-electron chi connectivity index (χ3n) is 3.23. The van der Waals surface area contributed by atoms with Gasteiger partial charge in [0.05, 0.1) is 19.8 Å². The van der Waals surface area contributed by atoms with Gasteiger partial charge in [-0.05, 0) is 24.5 Å². The first-order valence-corrected chi connectivity index (χ1v) is 5.89. The zero-order chi connectivity index (χ0) is 12.0. The molecule has 0 aliphatic rings. The van der Waals surface area contributed by atoms with Crippen LogP contribution in [0.25, 0.3) is 0 Å². The molecule has 1 aromatic carbocycles. The second-order valence-corrected chi connectivity index (χ2v) is 4.51. The van der Waals surface area contributed by atoms with Gasteiger partial charge in [0, 0.05) is 5.41 Å². The first-order valence-electron chi connectivity index (χ1n) is 5.89. The Hall–Kier alpha value is -0.860. The molecule has 0 bridgehead atoms. The van der Waals surface area contributed by atoms with Crippen molar-refractivity contribution in [3.8, 4) is 0 Å². The molecule has 0 saturated carbocycles. The molecule has 90 valence electrons. The van der Waals surface area contributed by atoms with Crippen molar-refractivity contribution in [3.05, 3.63) is 35.4 Å². The van der Waals surface area contributed by atoms with Crippen molar-refractivity contribution in [1.29, 1.82) is 0 Å². The van der Waals surface area contributed by atoms with E-state index >= 15 is 0 Å². The van der Waals surface area contributed by atoms with Crippen LogP contribution in [0.5, 0.6) is 0 Å². The smallest absolute Gasteiger partial charge is 0.0698 e. The van der Waals surface area contributed by atoms with Crippen molar-refractivity contribution < 1.29 is 9.84 Å². The standard InChI is InChI=1S/C14H22O2/c1-4-14(3,11-16-10-9-15)13-8-6-5-7-12(13)2/h5-8,15H,4,9-11H2,1-3H3. The Balaban J connectivity index is 2.83. The van der Waals surface area contributed by atoms with E-state index in [1.807, 2.05) is 0 Å². The summed E-state index contributed by atoms with van der Waals surface area (Å²) in [4.78, 5) is 0. The van der Waals surface area contributed by atoms with E-state index in [4.69, 9.17) is 9.84 Å². The number of rotatable bonds is 6. The van der Waals surface area contributed by atoms with E-state index in [-0.39, 0.29) is 12.0 Å². The molecule has 0 amide bonds. The largest absolute Gasteiger partial charge is 0.394 e. The lowest BCUT2D eigenvalue weighted by molar-refractivity contribution is 0.0582. The summed E-state index contributed by atoms with van der Waals surface area (Å²) in [5.41, 5.74) is 2.69. The molecule has 0 aliphatic carbocycles. The minimum absolute atomic E-state index is 0.0422. The second kappa shape index (κ2) is 6.02. The van der Waals surface area contributed by atoms with E-state index in [2.05, 4.69) is 45.0 Å². The van der Waals surface area contributed by atoms with Gasteiger partial charge in [0.25, 0.3) is 0 Å². The van der Waals surface area contributed by atoms with Crippen molar-refractivity contribution in [2.45, 2.75) is 32.6 Å². The van der Waals surface area contributed by atoms with Crippen LogP contribution in [0.4, 0.5) is 0 Å². The van der Waals surface area contributed by atoms with E-state index < -0.39 is 0 Å². The second-order valence-electron chi connectivity index (χ2n) is 4.51. The molecule has 16 heavy (non-hydrogen) atoms. The molecule has 0 heterocycles. The highest BCUT2D eigenvalue weighted by molar-refractivity contribution is 5.32. The van der Waals surface area contributed by atoms with Crippen LogP contribution in [0.15, 0.2) is 24.3 Å². The van der Waals surface area contributed by atoms with Crippen LogP contribution in [-0.4, -0.2) is 24.9 Å². The fourth-order valence-electron chi connectivity index (χ4n) is 1.98.